The first-order valence-electron chi connectivity index (χ1n) is 8.20. The molecular formula is C19H24N2O2. The van der Waals surface area contributed by atoms with E-state index in [1.54, 1.807) is 7.05 Å². The number of nitrogens with zero attached hydrogens (tertiary/aromatic N) is 2. The zero-order valence-electron chi connectivity index (χ0n) is 13.9. The van der Waals surface area contributed by atoms with Crippen molar-refractivity contribution in [2.24, 2.45) is 0 Å². The normalized spacial score (nSPS) is 14.4. The molecule has 122 valence electrons. The molecule has 0 aliphatic heterocycles. The Morgan fingerprint density at radius 1 is 1.17 bits per heavy atom. The van der Waals surface area contributed by atoms with Crippen LogP contribution in [-0.2, 0) is 16.2 Å². The standard InChI is InChI=1S/C19H24N2O2/c1-20(23-2)19(22)12-13-21(17-10-11-17)14-16-8-5-7-15-6-3-4-9-18(15)16/h3-9,17H,10-14H2,1-2H3. The second kappa shape index (κ2) is 7.11. The van der Waals surface area contributed by atoms with E-state index in [-0.39, 0.29) is 5.91 Å². The summed E-state index contributed by atoms with van der Waals surface area (Å²) in [5, 5.41) is 3.89. The summed E-state index contributed by atoms with van der Waals surface area (Å²) < 4.78 is 0. The maximum atomic E-state index is 12.0. The van der Waals surface area contributed by atoms with Crippen molar-refractivity contribution >= 4 is 16.7 Å². The second-order valence-electron chi connectivity index (χ2n) is 6.16. The molecule has 0 saturated heterocycles. The Morgan fingerprint density at radius 2 is 1.91 bits per heavy atom. The monoisotopic (exact) mass is 312 g/mol. The highest BCUT2D eigenvalue weighted by Crippen LogP contribution is 2.30. The van der Waals surface area contributed by atoms with Gasteiger partial charge in [0.2, 0.25) is 5.91 Å². The molecule has 0 heterocycles. The van der Waals surface area contributed by atoms with E-state index in [0.29, 0.717) is 12.5 Å². The van der Waals surface area contributed by atoms with Gasteiger partial charge in [-0.1, -0.05) is 42.5 Å². The zero-order valence-corrected chi connectivity index (χ0v) is 13.9. The predicted octanol–water partition coefficient (Wildman–Crippen LogP) is 3.21. The molecule has 4 nitrogen and oxygen atoms in total. The lowest BCUT2D eigenvalue weighted by Gasteiger charge is -2.23. The van der Waals surface area contributed by atoms with E-state index in [0.717, 1.165) is 13.1 Å². The van der Waals surface area contributed by atoms with Crippen LogP contribution in [0.15, 0.2) is 42.5 Å². The van der Waals surface area contributed by atoms with Crippen LogP contribution in [-0.4, -0.2) is 42.6 Å². The quantitative estimate of drug-likeness (QED) is 0.736. The molecule has 0 atom stereocenters. The number of rotatable bonds is 7. The number of hydrogen-bond acceptors (Lipinski definition) is 3. The van der Waals surface area contributed by atoms with Crippen molar-refractivity contribution in [1.82, 2.24) is 9.96 Å². The van der Waals surface area contributed by atoms with Gasteiger partial charge in [0.15, 0.2) is 0 Å². The largest absolute Gasteiger partial charge is 0.296 e. The molecule has 23 heavy (non-hydrogen) atoms. The summed E-state index contributed by atoms with van der Waals surface area (Å²) in [5.41, 5.74) is 1.34. The van der Waals surface area contributed by atoms with Gasteiger partial charge in [-0.25, -0.2) is 5.06 Å². The minimum absolute atomic E-state index is 0.0241. The van der Waals surface area contributed by atoms with Gasteiger partial charge in [-0.15, -0.1) is 0 Å². The van der Waals surface area contributed by atoms with E-state index in [9.17, 15) is 4.79 Å². The molecule has 3 rings (SSSR count). The molecule has 2 aromatic rings. The highest BCUT2D eigenvalue weighted by Gasteiger charge is 2.29. The first-order chi connectivity index (χ1) is 11.2. The van der Waals surface area contributed by atoms with Crippen molar-refractivity contribution < 1.29 is 9.63 Å². The second-order valence-corrected chi connectivity index (χ2v) is 6.16. The van der Waals surface area contributed by atoms with Crippen LogP contribution in [0.4, 0.5) is 0 Å². The number of amides is 1. The smallest absolute Gasteiger partial charge is 0.247 e. The SMILES string of the molecule is CON(C)C(=O)CCN(Cc1cccc2ccccc12)C1CC1. The third-order valence-electron chi connectivity index (χ3n) is 4.55. The van der Waals surface area contributed by atoms with Crippen LogP contribution in [0.1, 0.15) is 24.8 Å². The maximum Gasteiger partial charge on any atom is 0.247 e. The Kier molecular flexibility index (Phi) is 4.94. The van der Waals surface area contributed by atoms with Crippen LogP contribution in [0.5, 0.6) is 0 Å². The van der Waals surface area contributed by atoms with Gasteiger partial charge in [0, 0.05) is 32.6 Å². The van der Waals surface area contributed by atoms with E-state index < -0.39 is 0 Å². The van der Waals surface area contributed by atoms with Crippen LogP contribution in [0.2, 0.25) is 0 Å². The van der Waals surface area contributed by atoms with Crippen LogP contribution in [0, 0.1) is 0 Å². The van der Waals surface area contributed by atoms with E-state index in [4.69, 9.17) is 4.84 Å². The molecular weight excluding hydrogens is 288 g/mol. The Balaban J connectivity index is 1.71. The average molecular weight is 312 g/mol. The highest BCUT2D eigenvalue weighted by atomic mass is 16.7. The van der Waals surface area contributed by atoms with E-state index in [1.807, 2.05) is 0 Å². The van der Waals surface area contributed by atoms with E-state index in [1.165, 1.54) is 41.4 Å². The Bertz CT molecular complexity index is 677. The summed E-state index contributed by atoms with van der Waals surface area (Å²) in [6.07, 6.45) is 2.96. The molecule has 0 bridgehead atoms. The van der Waals surface area contributed by atoms with Gasteiger partial charge >= 0.3 is 0 Å². The number of benzene rings is 2. The van der Waals surface area contributed by atoms with Gasteiger partial charge in [0.05, 0.1) is 7.11 Å². The van der Waals surface area contributed by atoms with Crippen molar-refractivity contribution in [2.45, 2.75) is 31.8 Å². The lowest BCUT2D eigenvalue weighted by atomic mass is 10.0. The highest BCUT2D eigenvalue weighted by molar-refractivity contribution is 5.85. The van der Waals surface area contributed by atoms with Crippen LogP contribution < -0.4 is 0 Å². The van der Waals surface area contributed by atoms with Crippen molar-refractivity contribution in [2.75, 3.05) is 20.7 Å². The minimum Gasteiger partial charge on any atom is -0.296 e. The van der Waals surface area contributed by atoms with Gasteiger partial charge < -0.3 is 0 Å². The van der Waals surface area contributed by atoms with E-state index in [2.05, 4.69) is 47.4 Å². The topological polar surface area (TPSA) is 32.8 Å². The molecule has 0 N–H and O–H groups in total. The lowest BCUT2D eigenvalue weighted by Crippen LogP contribution is -2.32. The number of fused-ring (bicyclic) bond motifs is 1. The predicted molar refractivity (Wildman–Crippen MR) is 91.8 cm³/mol. The minimum atomic E-state index is 0.0241. The van der Waals surface area contributed by atoms with Crippen molar-refractivity contribution in [3.63, 3.8) is 0 Å². The summed E-state index contributed by atoms with van der Waals surface area (Å²) >= 11 is 0. The first kappa shape index (κ1) is 16.0. The van der Waals surface area contributed by atoms with E-state index >= 15 is 0 Å². The summed E-state index contributed by atoms with van der Waals surface area (Å²) in [7, 11) is 3.18. The fraction of sp³-hybridized carbons (Fsp3) is 0.421. The van der Waals surface area contributed by atoms with Crippen molar-refractivity contribution in [1.29, 1.82) is 0 Å². The van der Waals surface area contributed by atoms with Gasteiger partial charge in [0.25, 0.3) is 0 Å². The summed E-state index contributed by atoms with van der Waals surface area (Å²) in [4.78, 5) is 19.4. The third kappa shape index (κ3) is 3.89. The molecule has 1 fully saturated rings. The molecule has 2 aromatic carbocycles. The fourth-order valence-corrected chi connectivity index (χ4v) is 2.98. The van der Waals surface area contributed by atoms with Crippen molar-refractivity contribution in [3.8, 4) is 0 Å². The number of hydroxylamine groups is 2. The summed E-state index contributed by atoms with van der Waals surface area (Å²) in [5.74, 6) is 0.0241. The number of hydrogen-bond donors (Lipinski definition) is 0. The number of carbonyl (C=O) groups excluding carboxylic acids is 1. The zero-order chi connectivity index (χ0) is 16.2. The summed E-state index contributed by atoms with van der Waals surface area (Å²) in [6.45, 7) is 1.68. The number of carbonyl (C=O) groups is 1. The molecule has 1 aliphatic rings. The molecule has 1 saturated carbocycles. The van der Waals surface area contributed by atoms with Crippen LogP contribution in [0.3, 0.4) is 0 Å². The Morgan fingerprint density at radius 3 is 2.65 bits per heavy atom. The molecule has 1 aliphatic carbocycles. The molecule has 0 radical (unpaired) electrons. The van der Waals surface area contributed by atoms with Gasteiger partial charge in [-0.3, -0.25) is 14.5 Å². The Hall–Kier alpha value is -1.91. The Labute approximate surface area is 137 Å². The lowest BCUT2D eigenvalue weighted by molar-refractivity contribution is -0.169. The molecule has 4 heteroatoms. The van der Waals surface area contributed by atoms with Gasteiger partial charge in [-0.2, -0.15) is 0 Å². The molecule has 0 unspecified atom stereocenters. The fourth-order valence-electron chi connectivity index (χ4n) is 2.98. The molecule has 0 spiro atoms. The van der Waals surface area contributed by atoms with Crippen LogP contribution >= 0.6 is 0 Å². The molecule has 1 amide bonds. The molecule has 0 aromatic heterocycles. The summed E-state index contributed by atoms with van der Waals surface area (Å²) in [6, 6.07) is 15.6. The third-order valence-corrected chi connectivity index (χ3v) is 4.55. The average Bonchev–Trinajstić information content (AvgIpc) is 3.42. The van der Waals surface area contributed by atoms with Crippen LogP contribution in [0.25, 0.3) is 10.8 Å². The van der Waals surface area contributed by atoms with Gasteiger partial charge in [-0.05, 0) is 29.2 Å². The van der Waals surface area contributed by atoms with Crippen molar-refractivity contribution in [3.05, 3.63) is 48.0 Å². The van der Waals surface area contributed by atoms with Gasteiger partial charge in [0.1, 0.15) is 0 Å². The first-order valence-corrected chi connectivity index (χ1v) is 8.20. The maximum absolute atomic E-state index is 12.0.